The highest BCUT2D eigenvalue weighted by Crippen LogP contribution is 2.57. The second-order valence-electron chi connectivity index (χ2n) is 8.55. The first-order valence-corrected chi connectivity index (χ1v) is 9.90. The molecule has 3 rings (SSSR count). The van der Waals surface area contributed by atoms with Gasteiger partial charge in [0.1, 0.15) is 0 Å². The lowest BCUT2D eigenvalue weighted by atomic mass is 9.87. The summed E-state index contributed by atoms with van der Waals surface area (Å²) in [5, 5.41) is 0. The summed E-state index contributed by atoms with van der Waals surface area (Å²) >= 11 is 0. The molecule has 0 aliphatic heterocycles. The van der Waals surface area contributed by atoms with E-state index in [1.807, 2.05) is 0 Å². The minimum Gasteiger partial charge on any atom is -0.0542 e. The Hall–Kier alpha value is -1.82. The molecule has 0 fully saturated rings. The third kappa shape index (κ3) is 2.42. The molecule has 0 aromatic heterocycles. The molecule has 2 aromatic carbocycles. The average Bonchev–Trinajstić information content (AvgIpc) is 3.25. The maximum atomic E-state index is 2.39. The summed E-state index contributed by atoms with van der Waals surface area (Å²) in [7, 11) is 0. The summed E-state index contributed by atoms with van der Waals surface area (Å²) in [5.41, 5.74) is 20.8. The molecule has 2 aromatic rings. The zero-order valence-electron chi connectivity index (χ0n) is 18.6. The predicted molar refractivity (Wildman–Crippen MR) is 116 cm³/mol. The first-order chi connectivity index (χ1) is 12.0. The van der Waals surface area contributed by atoms with Crippen LogP contribution in [0.15, 0.2) is 0 Å². The fourth-order valence-corrected chi connectivity index (χ4v) is 4.85. The topological polar surface area (TPSA) is 0 Å². The van der Waals surface area contributed by atoms with E-state index in [1.54, 1.807) is 11.1 Å². The van der Waals surface area contributed by atoms with Crippen LogP contribution in [0.4, 0.5) is 0 Å². The van der Waals surface area contributed by atoms with Crippen LogP contribution in [0.25, 0.3) is 11.1 Å². The third-order valence-electron chi connectivity index (χ3n) is 7.61. The zero-order chi connectivity index (χ0) is 19.7. The molecule has 0 bridgehead atoms. The molecule has 0 amide bonds. The fraction of sp³-hybridized carbons (Fsp3) is 0.462. The molecule has 138 valence electrons. The molecule has 0 atom stereocenters. The van der Waals surface area contributed by atoms with Gasteiger partial charge in [-0.1, -0.05) is 6.92 Å². The van der Waals surface area contributed by atoms with Crippen molar-refractivity contribution in [2.24, 2.45) is 5.92 Å². The van der Waals surface area contributed by atoms with E-state index in [0.29, 0.717) is 5.92 Å². The average molecular weight is 347 g/mol. The second-order valence-corrected chi connectivity index (χ2v) is 8.55. The van der Waals surface area contributed by atoms with Crippen LogP contribution in [-0.4, -0.2) is 0 Å². The van der Waals surface area contributed by atoms with Gasteiger partial charge >= 0.3 is 0 Å². The summed E-state index contributed by atoms with van der Waals surface area (Å²) in [4.78, 5) is 0. The van der Waals surface area contributed by atoms with Crippen molar-refractivity contribution < 1.29 is 0 Å². The summed E-state index contributed by atoms with van der Waals surface area (Å²) in [6.07, 6.45) is 0. The molecule has 1 aliphatic rings. The fourth-order valence-electron chi connectivity index (χ4n) is 4.85. The SMILES string of the molecule is Cc1c(C)c(C)c(C2=C(c3c(C)c(C)c(C)c(C)c3C)C2C)c(C)c1C. The van der Waals surface area contributed by atoms with Gasteiger partial charge in [-0.05, 0) is 147 Å². The maximum absolute atomic E-state index is 2.39. The van der Waals surface area contributed by atoms with E-state index in [4.69, 9.17) is 0 Å². The highest BCUT2D eigenvalue weighted by molar-refractivity contribution is 6.12. The van der Waals surface area contributed by atoms with Crippen molar-refractivity contribution in [3.63, 3.8) is 0 Å². The van der Waals surface area contributed by atoms with E-state index >= 15 is 0 Å². The molecule has 0 saturated carbocycles. The van der Waals surface area contributed by atoms with E-state index in [0.717, 1.165) is 0 Å². The minimum absolute atomic E-state index is 0.563. The molecule has 0 N–H and O–H groups in total. The molecule has 0 nitrogen and oxygen atoms in total. The van der Waals surface area contributed by atoms with Crippen LogP contribution in [-0.2, 0) is 0 Å². The van der Waals surface area contributed by atoms with Crippen molar-refractivity contribution >= 4 is 11.1 Å². The smallest absolute Gasteiger partial charge is 0.00796 e. The van der Waals surface area contributed by atoms with Gasteiger partial charge < -0.3 is 0 Å². The van der Waals surface area contributed by atoms with Gasteiger partial charge in [0.2, 0.25) is 0 Å². The molecular weight excluding hydrogens is 312 g/mol. The Kier molecular flexibility index (Phi) is 4.46. The number of hydrogen-bond donors (Lipinski definition) is 0. The van der Waals surface area contributed by atoms with E-state index in [2.05, 4.69) is 76.2 Å². The Labute approximate surface area is 160 Å². The van der Waals surface area contributed by atoms with Gasteiger partial charge in [0.15, 0.2) is 0 Å². The lowest BCUT2D eigenvalue weighted by molar-refractivity contribution is 1.08. The van der Waals surface area contributed by atoms with Crippen LogP contribution >= 0.6 is 0 Å². The summed E-state index contributed by atoms with van der Waals surface area (Å²) in [5.74, 6) is 0.563. The number of rotatable bonds is 2. The molecule has 0 unspecified atom stereocenters. The quantitative estimate of drug-likeness (QED) is 0.534. The van der Waals surface area contributed by atoms with Gasteiger partial charge in [0.25, 0.3) is 0 Å². The van der Waals surface area contributed by atoms with Gasteiger partial charge in [0.05, 0.1) is 0 Å². The van der Waals surface area contributed by atoms with Crippen LogP contribution in [0.5, 0.6) is 0 Å². The maximum Gasteiger partial charge on any atom is 0.00796 e. The normalized spacial score (nSPS) is 14.4. The first-order valence-electron chi connectivity index (χ1n) is 9.90. The summed E-state index contributed by atoms with van der Waals surface area (Å²) in [6, 6.07) is 0. The van der Waals surface area contributed by atoms with Crippen molar-refractivity contribution in [3.8, 4) is 0 Å². The van der Waals surface area contributed by atoms with E-state index < -0.39 is 0 Å². The number of hydrogen-bond acceptors (Lipinski definition) is 0. The van der Waals surface area contributed by atoms with Crippen molar-refractivity contribution in [1.29, 1.82) is 0 Å². The number of benzene rings is 2. The van der Waals surface area contributed by atoms with Gasteiger partial charge in [-0.3, -0.25) is 0 Å². The molecule has 26 heavy (non-hydrogen) atoms. The summed E-state index contributed by atoms with van der Waals surface area (Å²) < 4.78 is 0. The molecule has 0 saturated heterocycles. The monoisotopic (exact) mass is 346 g/mol. The Morgan fingerprint density at radius 2 is 0.538 bits per heavy atom. The lowest BCUT2D eigenvalue weighted by Gasteiger charge is -2.18. The zero-order valence-corrected chi connectivity index (χ0v) is 18.6. The van der Waals surface area contributed by atoms with Crippen LogP contribution in [0.1, 0.15) is 73.7 Å². The Balaban J connectivity index is 2.33. The van der Waals surface area contributed by atoms with Gasteiger partial charge in [-0.2, -0.15) is 0 Å². The van der Waals surface area contributed by atoms with E-state index in [-0.39, 0.29) is 0 Å². The standard InChI is InChI=1S/C26H34/c1-12-14(3)18(7)23(19(8)15(12)4)25-22(11)26(25)24-20(9)16(5)13(2)17(6)21(24)10/h22H,1-11H3. The van der Waals surface area contributed by atoms with Crippen molar-refractivity contribution in [2.45, 2.75) is 76.2 Å². The van der Waals surface area contributed by atoms with Gasteiger partial charge in [-0.25, -0.2) is 0 Å². The lowest BCUT2D eigenvalue weighted by Crippen LogP contribution is -2.00. The molecule has 0 spiro atoms. The van der Waals surface area contributed by atoms with Crippen molar-refractivity contribution in [3.05, 3.63) is 66.8 Å². The Morgan fingerprint density at radius 1 is 0.346 bits per heavy atom. The van der Waals surface area contributed by atoms with E-state index in [1.165, 1.54) is 66.8 Å². The minimum atomic E-state index is 0.563. The number of allylic oxidation sites excluding steroid dienone is 2. The molecule has 0 radical (unpaired) electrons. The van der Waals surface area contributed by atoms with Crippen LogP contribution in [0, 0.1) is 75.2 Å². The molecule has 1 aliphatic carbocycles. The van der Waals surface area contributed by atoms with Crippen molar-refractivity contribution in [1.82, 2.24) is 0 Å². The van der Waals surface area contributed by atoms with Crippen LogP contribution in [0.2, 0.25) is 0 Å². The second kappa shape index (κ2) is 6.12. The Morgan fingerprint density at radius 3 is 0.769 bits per heavy atom. The highest BCUT2D eigenvalue weighted by Gasteiger charge is 2.38. The molecule has 0 heteroatoms. The van der Waals surface area contributed by atoms with Gasteiger partial charge in [0, 0.05) is 5.92 Å². The predicted octanol–water partition coefficient (Wildman–Crippen LogP) is 7.33. The first kappa shape index (κ1) is 19.0. The van der Waals surface area contributed by atoms with Gasteiger partial charge in [-0.15, -0.1) is 0 Å². The van der Waals surface area contributed by atoms with Crippen LogP contribution in [0.3, 0.4) is 0 Å². The molecule has 0 heterocycles. The highest BCUT2D eigenvalue weighted by atomic mass is 14.4. The molecular formula is C26H34. The van der Waals surface area contributed by atoms with Crippen LogP contribution < -0.4 is 0 Å². The van der Waals surface area contributed by atoms with E-state index in [9.17, 15) is 0 Å². The Bertz CT molecular complexity index is 843. The van der Waals surface area contributed by atoms with Crippen molar-refractivity contribution in [2.75, 3.05) is 0 Å². The summed E-state index contributed by atoms with van der Waals surface area (Å²) in [6.45, 7) is 25.3. The largest absolute Gasteiger partial charge is 0.0542 e. The third-order valence-corrected chi connectivity index (χ3v) is 7.61.